The number of piperidine rings is 1. The summed E-state index contributed by atoms with van der Waals surface area (Å²) in [6.45, 7) is 3.11. The summed E-state index contributed by atoms with van der Waals surface area (Å²) in [4.78, 5) is 34.7. The number of rotatable bonds is 4. The highest BCUT2D eigenvalue weighted by Crippen LogP contribution is 2.19. The van der Waals surface area contributed by atoms with Gasteiger partial charge in [-0.1, -0.05) is 18.6 Å². The number of aromatic amines is 1. The van der Waals surface area contributed by atoms with Crippen molar-refractivity contribution in [3.63, 3.8) is 0 Å². The lowest BCUT2D eigenvalue weighted by Crippen LogP contribution is -2.33. The maximum atomic E-state index is 12.7. The summed E-state index contributed by atoms with van der Waals surface area (Å²) in [5, 5.41) is 1.38. The van der Waals surface area contributed by atoms with E-state index < -0.39 is 5.97 Å². The fourth-order valence-corrected chi connectivity index (χ4v) is 3.52. The molecule has 0 aliphatic carbocycles. The van der Waals surface area contributed by atoms with Crippen LogP contribution in [0.1, 0.15) is 29.6 Å². The summed E-state index contributed by atoms with van der Waals surface area (Å²) < 4.78 is 5.33. The minimum absolute atomic E-state index is 0.0337. The van der Waals surface area contributed by atoms with Crippen LogP contribution in [0.4, 0.5) is 0 Å². The number of hydrogen-bond acceptors (Lipinski definition) is 5. The maximum absolute atomic E-state index is 12.7. The van der Waals surface area contributed by atoms with Gasteiger partial charge in [-0.3, -0.25) is 14.7 Å². The highest BCUT2D eigenvalue weighted by molar-refractivity contribution is 6.04. The molecule has 1 aliphatic heterocycles. The Bertz CT molecular complexity index is 1010. The number of carbonyl (C=O) groups is 1. The Morgan fingerprint density at radius 2 is 2.04 bits per heavy atom. The van der Waals surface area contributed by atoms with E-state index in [-0.39, 0.29) is 11.0 Å². The molecule has 6 nitrogen and oxygen atoms in total. The molecule has 1 N–H and O–H groups in total. The number of ether oxygens (including phenoxy) is 1. The molecule has 0 atom stereocenters. The number of benzene rings is 1. The second-order valence-corrected chi connectivity index (χ2v) is 6.63. The molecule has 3 aromatic rings. The molecule has 0 saturated carbocycles. The second-order valence-electron chi connectivity index (χ2n) is 6.63. The minimum atomic E-state index is -0.578. The highest BCUT2D eigenvalue weighted by atomic mass is 16.5. The molecule has 0 spiro atoms. The van der Waals surface area contributed by atoms with Crippen LogP contribution in [0, 0.1) is 0 Å². The molecule has 1 aromatic carbocycles. The van der Waals surface area contributed by atoms with Crippen molar-refractivity contribution in [2.75, 3.05) is 26.2 Å². The third-order valence-corrected chi connectivity index (χ3v) is 4.93. The predicted octanol–water partition coefficient (Wildman–Crippen LogP) is 2.72. The number of hydrogen-bond donors (Lipinski definition) is 1. The molecular weight excluding hydrogens is 330 g/mol. The fraction of sp³-hybridized carbons (Fsp3) is 0.350. The summed E-state index contributed by atoms with van der Waals surface area (Å²) in [5.74, 6) is -0.578. The van der Waals surface area contributed by atoms with E-state index in [9.17, 15) is 9.59 Å². The Hall–Kier alpha value is -2.73. The van der Waals surface area contributed by atoms with Gasteiger partial charge in [0.1, 0.15) is 12.2 Å². The Balaban J connectivity index is 1.54. The highest BCUT2D eigenvalue weighted by Gasteiger charge is 2.17. The van der Waals surface area contributed by atoms with Crippen molar-refractivity contribution in [3.05, 3.63) is 52.4 Å². The van der Waals surface area contributed by atoms with Crippen LogP contribution in [-0.2, 0) is 4.74 Å². The molecule has 0 unspecified atom stereocenters. The van der Waals surface area contributed by atoms with Gasteiger partial charge in [0, 0.05) is 29.7 Å². The molecule has 4 rings (SSSR count). The van der Waals surface area contributed by atoms with Crippen LogP contribution >= 0.6 is 0 Å². The monoisotopic (exact) mass is 351 g/mol. The number of carbonyl (C=O) groups excluding carboxylic acids is 1. The van der Waals surface area contributed by atoms with Gasteiger partial charge in [0.15, 0.2) is 0 Å². The SMILES string of the molecule is O=C(OCCN1CCCCC1)c1c[nH]c2c(ccc3cccnc32)c1=O. The van der Waals surface area contributed by atoms with E-state index >= 15 is 0 Å². The molecule has 0 bridgehead atoms. The van der Waals surface area contributed by atoms with Gasteiger partial charge in [0.2, 0.25) is 5.43 Å². The Labute approximate surface area is 150 Å². The third kappa shape index (κ3) is 3.20. The van der Waals surface area contributed by atoms with E-state index in [0.717, 1.165) is 18.5 Å². The van der Waals surface area contributed by atoms with Gasteiger partial charge in [0.05, 0.1) is 11.0 Å². The summed E-state index contributed by atoms with van der Waals surface area (Å²) in [6, 6.07) is 7.34. The topological polar surface area (TPSA) is 75.3 Å². The van der Waals surface area contributed by atoms with E-state index in [1.807, 2.05) is 18.2 Å². The number of pyridine rings is 2. The number of esters is 1. The average molecular weight is 351 g/mol. The second kappa shape index (κ2) is 7.25. The number of nitrogens with zero attached hydrogens (tertiary/aromatic N) is 2. The molecule has 3 heterocycles. The van der Waals surface area contributed by atoms with Crippen molar-refractivity contribution in [2.24, 2.45) is 0 Å². The molecule has 26 heavy (non-hydrogen) atoms. The van der Waals surface area contributed by atoms with Gasteiger partial charge in [-0.2, -0.15) is 0 Å². The zero-order valence-corrected chi connectivity index (χ0v) is 14.5. The van der Waals surface area contributed by atoms with Crippen LogP contribution in [-0.4, -0.2) is 47.1 Å². The normalized spacial score (nSPS) is 15.4. The van der Waals surface area contributed by atoms with Crippen molar-refractivity contribution < 1.29 is 9.53 Å². The van der Waals surface area contributed by atoms with Crippen molar-refractivity contribution in [1.82, 2.24) is 14.9 Å². The lowest BCUT2D eigenvalue weighted by atomic mass is 10.1. The van der Waals surface area contributed by atoms with Crippen LogP contribution in [0.3, 0.4) is 0 Å². The first kappa shape index (κ1) is 16.7. The molecule has 134 valence electrons. The van der Waals surface area contributed by atoms with Gasteiger partial charge in [-0.15, -0.1) is 0 Å². The van der Waals surface area contributed by atoms with E-state index in [1.165, 1.54) is 25.5 Å². The number of aromatic nitrogens is 2. The molecule has 1 fully saturated rings. The van der Waals surface area contributed by atoms with Crippen LogP contribution in [0.5, 0.6) is 0 Å². The average Bonchev–Trinajstić information content (AvgIpc) is 2.69. The van der Waals surface area contributed by atoms with Gasteiger partial charge in [-0.25, -0.2) is 4.79 Å². The Kier molecular flexibility index (Phi) is 4.67. The minimum Gasteiger partial charge on any atom is -0.461 e. The van der Waals surface area contributed by atoms with Crippen molar-refractivity contribution in [1.29, 1.82) is 0 Å². The lowest BCUT2D eigenvalue weighted by molar-refractivity contribution is 0.0450. The Morgan fingerprint density at radius 1 is 1.19 bits per heavy atom. The summed E-state index contributed by atoms with van der Waals surface area (Å²) >= 11 is 0. The van der Waals surface area contributed by atoms with Gasteiger partial charge < -0.3 is 9.72 Å². The number of H-pyrrole nitrogens is 1. The first-order valence-electron chi connectivity index (χ1n) is 9.02. The standard InChI is InChI=1S/C20H21N3O3/c24-19-15-7-6-14-5-4-8-21-17(14)18(15)22-13-16(19)20(25)26-12-11-23-9-2-1-3-10-23/h4-8,13H,1-3,9-12H2,(H,22,24). The smallest absolute Gasteiger partial charge is 0.343 e. The fourth-order valence-electron chi connectivity index (χ4n) is 3.52. The van der Waals surface area contributed by atoms with E-state index in [2.05, 4.69) is 14.9 Å². The van der Waals surface area contributed by atoms with Crippen molar-refractivity contribution in [3.8, 4) is 0 Å². The molecular formula is C20H21N3O3. The van der Waals surface area contributed by atoms with Crippen LogP contribution in [0.15, 0.2) is 41.5 Å². The quantitative estimate of drug-likeness (QED) is 0.578. The van der Waals surface area contributed by atoms with Gasteiger partial charge in [-0.05, 0) is 38.1 Å². The van der Waals surface area contributed by atoms with Crippen molar-refractivity contribution >= 4 is 27.8 Å². The van der Waals surface area contributed by atoms with E-state index in [4.69, 9.17) is 4.74 Å². The number of fused-ring (bicyclic) bond motifs is 3. The molecule has 2 aromatic heterocycles. The largest absolute Gasteiger partial charge is 0.461 e. The maximum Gasteiger partial charge on any atom is 0.343 e. The van der Waals surface area contributed by atoms with E-state index in [1.54, 1.807) is 12.3 Å². The summed E-state index contributed by atoms with van der Waals surface area (Å²) in [7, 11) is 0. The molecule has 0 amide bonds. The first-order valence-corrected chi connectivity index (χ1v) is 9.02. The Morgan fingerprint density at radius 3 is 2.88 bits per heavy atom. The van der Waals surface area contributed by atoms with Crippen molar-refractivity contribution in [2.45, 2.75) is 19.3 Å². The van der Waals surface area contributed by atoms with Crippen LogP contribution in [0.25, 0.3) is 21.8 Å². The number of likely N-dealkylation sites (tertiary alicyclic amines) is 1. The van der Waals surface area contributed by atoms with Gasteiger partial charge >= 0.3 is 5.97 Å². The predicted molar refractivity (Wildman–Crippen MR) is 100 cm³/mol. The summed E-state index contributed by atoms with van der Waals surface area (Å²) in [6.07, 6.45) is 6.78. The first-order chi connectivity index (χ1) is 12.7. The molecule has 6 heteroatoms. The number of nitrogens with one attached hydrogen (secondary N) is 1. The zero-order valence-electron chi connectivity index (χ0n) is 14.5. The zero-order chi connectivity index (χ0) is 17.9. The van der Waals surface area contributed by atoms with Gasteiger partial charge in [0.25, 0.3) is 0 Å². The van der Waals surface area contributed by atoms with E-state index in [0.29, 0.717) is 29.6 Å². The molecule has 0 radical (unpaired) electrons. The molecule has 1 aliphatic rings. The van der Waals surface area contributed by atoms with Crippen LogP contribution in [0.2, 0.25) is 0 Å². The lowest BCUT2D eigenvalue weighted by Gasteiger charge is -2.25. The molecule has 1 saturated heterocycles. The van der Waals surface area contributed by atoms with Crippen LogP contribution < -0.4 is 5.43 Å². The summed E-state index contributed by atoms with van der Waals surface area (Å²) in [5.41, 5.74) is 1.06. The third-order valence-electron chi connectivity index (χ3n) is 4.93.